The second-order valence-electron chi connectivity index (χ2n) is 9.21. The maximum Gasteiger partial charge on any atom is 0.337 e. The molecule has 0 spiro atoms. The van der Waals surface area contributed by atoms with Crippen molar-refractivity contribution in [2.75, 3.05) is 33.9 Å². The Morgan fingerprint density at radius 3 is 2.65 bits per heavy atom. The highest BCUT2D eigenvalue weighted by Crippen LogP contribution is 2.33. The summed E-state index contributed by atoms with van der Waals surface area (Å²) in [5, 5.41) is 0.778. The lowest BCUT2D eigenvalue weighted by Crippen LogP contribution is -2.27. The van der Waals surface area contributed by atoms with Crippen LogP contribution in [0.25, 0.3) is 11.0 Å². The molecular formula is C26H31N3O6S2. The van der Waals surface area contributed by atoms with Crippen LogP contribution in [0.1, 0.15) is 41.6 Å². The Morgan fingerprint density at radius 1 is 1.14 bits per heavy atom. The molecule has 0 aliphatic carbocycles. The molecule has 0 radical (unpaired) electrons. The van der Waals surface area contributed by atoms with Gasteiger partial charge in [-0.15, -0.1) is 0 Å². The zero-order chi connectivity index (χ0) is 26.0. The van der Waals surface area contributed by atoms with Gasteiger partial charge in [0, 0.05) is 31.0 Å². The monoisotopic (exact) mass is 545 g/mol. The van der Waals surface area contributed by atoms with E-state index >= 15 is 0 Å². The first-order chi connectivity index (χ1) is 17.9. The summed E-state index contributed by atoms with van der Waals surface area (Å²) in [7, 11) is -0.620. The van der Waals surface area contributed by atoms with E-state index in [1.807, 2.05) is 12.1 Å². The number of ether oxygens (including phenoxy) is 3. The molecule has 0 unspecified atom stereocenters. The van der Waals surface area contributed by atoms with E-state index in [0.717, 1.165) is 48.5 Å². The molecule has 2 fully saturated rings. The van der Waals surface area contributed by atoms with Crippen LogP contribution in [0.4, 0.5) is 0 Å². The molecule has 9 nitrogen and oxygen atoms in total. The number of carbonyl (C=O) groups excluding carboxylic acids is 1. The van der Waals surface area contributed by atoms with Gasteiger partial charge < -0.3 is 18.8 Å². The fraction of sp³-hybridized carbons (Fsp3) is 0.462. The number of methoxy groups -OCH3 is 2. The Balaban J connectivity index is 1.46. The third-order valence-electron chi connectivity index (χ3n) is 6.86. The maximum atomic E-state index is 13.1. The summed E-state index contributed by atoms with van der Waals surface area (Å²) in [6, 6.07) is 10.5. The number of hydrogen-bond donors (Lipinski definition) is 0. The van der Waals surface area contributed by atoms with Crippen LogP contribution in [-0.4, -0.2) is 68.3 Å². The third-order valence-corrected chi connectivity index (χ3v) is 9.78. The number of sulfonamides is 1. The van der Waals surface area contributed by atoms with Crippen LogP contribution in [-0.2, 0) is 31.8 Å². The van der Waals surface area contributed by atoms with Gasteiger partial charge in [-0.1, -0.05) is 17.8 Å². The van der Waals surface area contributed by atoms with Gasteiger partial charge in [0.25, 0.3) is 0 Å². The normalized spacial score (nSPS) is 18.5. The van der Waals surface area contributed by atoms with Gasteiger partial charge in [0.1, 0.15) is 5.75 Å². The summed E-state index contributed by atoms with van der Waals surface area (Å²) in [6.07, 6.45) is 3.89. The number of nitrogens with zero attached hydrogens (tertiary/aromatic N) is 3. The van der Waals surface area contributed by atoms with Gasteiger partial charge in [-0.05, 0) is 56.0 Å². The molecule has 0 bridgehead atoms. The highest BCUT2D eigenvalue weighted by Gasteiger charge is 2.28. The second kappa shape index (κ2) is 11.0. The number of benzene rings is 2. The van der Waals surface area contributed by atoms with E-state index in [2.05, 4.69) is 4.57 Å². The lowest BCUT2D eigenvalue weighted by Gasteiger charge is -2.16. The molecule has 0 saturated carbocycles. The Hall–Kier alpha value is -2.60. The number of fused-ring (bicyclic) bond motifs is 1. The van der Waals surface area contributed by atoms with Crippen molar-refractivity contribution in [1.82, 2.24) is 13.9 Å². The van der Waals surface area contributed by atoms with Crippen molar-refractivity contribution in [2.24, 2.45) is 0 Å². The molecule has 3 aromatic rings. The fourth-order valence-electron chi connectivity index (χ4n) is 4.86. The number of thioether (sulfide) groups is 1. The molecule has 5 rings (SSSR count). The summed E-state index contributed by atoms with van der Waals surface area (Å²) < 4.78 is 46.2. The largest absolute Gasteiger partial charge is 0.496 e. The van der Waals surface area contributed by atoms with Crippen molar-refractivity contribution in [2.45, 2.75) is 54.1 Å². The van der Waals surface area contributed by atoms with Crippen molar-refractivity contribution in [3.63, 3.8) is 0 Å². The minimum atomic E-state index is -3.54. The first kappa shape index (κ1) is 26.0. The first-order valence-electron chi connectivity index (χ1n) is 12.4. The predicted molar refractivity (Wildman–Crippen MR) is 141 cm³/mol. The smallest absolute Gasteiger partial charge is 0.337 e. The van der Waals surface area contributed by atoms with Crippen molar-refractivity contribution in [1.29, 1.82) is 0 Å². The number of carbonyl (C=O) groups is 1. The van der Waals surface area contributed by atoms with Crippen LogP contribution in [0, 0.1) is 0 Å². The summed E-state index contributed by atoms with van der Waals surface area (Å²) >= 11 is 1.54. The lowest BCUT2D eigenvalue weighted by atomic mass is 10.1. The topological polar surface area (TPSA) is 100.0 Å². The van der Waals surface area contributed by atoms with Crippen molar-refractivity contribution >= 4 is 38.8 Å². The quantitative estimate of drug-likeness (QED) is 0.293. The molecule has 11 heteroatoms. The molecule has 0 N–H and O–H groups in total. The van der Waals surface area contributed by atoms with Crippen LogP contribution >= 0.6 is 11.8 Å². The molecular weight excluding hydrogens is 514 g/mol. The van der Waals surface area contributed by atoms with Crippen LogP contribution in [0.15, 0.2) is 46.5 Å². The van der Waals surface area contributed by atoms with E-state index in [1.165, 1.54) is 18.9 Å². The molecule has 2 aliphatic heterocycles. The van der Waals surface area contributed by atoms with Crippen LogP contribution in [0.3, 0.4) is 0 Å². The summed E-state index contributed by atoms with van der Waals surface area (Å²) in [5.41, 5.74) is 2.86. The molecule has 37 heavy (non-hydrogen) atoms. The predicted octanol–water partition coefficient (Wildman–Crippen LogP) is 4.09. The Bertz CT molecular complexity index is 1390. The number of rotatable bonds is 9. The molecule has 3 heterocycles. The standard InChI is InChI=1S/C26H31N3O6S2/c1-33-24-14-18(25(30)34-2)7-8-19(24)17-36-26-27-22-15-21(37(31,32)28-11-3-4-12-28)9-10-23(22)29(26)16-20-6-5-13-35-20/h7-10,14-15,20H,3-6,11-13,16-17H2,1-2H3/t20-/m0/s1. The molecule has 1 atom stereocenters. The average molecular weight is 546 g/mol. The lowest BCUT2D eigenvalue weighted by molar-refractivity contribution is 0.0600. The third kappa shape index (κ3) is 5.36. The van der Waals surface area contributed by atoms with Gasteiger partial charge in [-0.3, -0.25) is 0 Å². The van der Waals surface area contributed by atoms with E-state index in [4.69, 9.17) is 19.2 Å². The van der Waals surface area contributed by atoms with Gasteiger partial charge in [0.2, 0.25) is 10.0 Å². The van der Waals surface area contributed by atoms with E-state index in [-0.39, 0.29) is 11.0 Å². The van der Waals surface area contributed by atoms with E-state index in [0.29, 0.717) is 42.2 Å². The Labute approximate surface area is 221 Å². The van der Waals surface area contributed by atoms with Gasteiger partial charge in [0.05, 0.1) is 48.4 Å². The molecule has 2 aromatic carbocycles. The number of aromatic nitrogens is 2. The van der Waals surface area contributed by atoms with Gasteiger partial charge >= 0.3 is 5.97 Å². The maximum absolute atomic E-state index is 13.1. The van der Waals surface area contributed by atoms with E-state index in [1.54, 1.807) is 35.7 Å². The average Bonchev–Trinajstić information content (AvgIpc) is 3.69. The van der Waals surface area contributed by atoms with Crippen LogP contribution in [0.5, 0.6) is 5.75 Å². The summed E-state index contributed by atoms with van der Waals surface area (Å²) in [6.45, 7) is 2.52. The first-order valence-corrected chi connectivity index (χ1v) is 14.8. The zero-order valence-electron chi connectivity index (χ0n) is 21.0. The highest BCUT2D eigenvalue weighted by molar-refractivity contribution is 7.98. The molecule has 1 aromatic heterocycles. The van der Waals surface area contributed by atoms with Crippen LogP contribution < -0.4 is 4.74 Å². The molecule has 2 saturated heterocycles. The van der Waals surface area contributed by atoms with Crippen LogP contribution in [0.2, 0.25) is 0 Å². The van der Waals surface area contributed by atoms with Gasteiger partial charge in [0.15, 0.2) is 5.16 Å². The Kier molecular flexibility index (Phi) is 7.75. The second-order valence-corrected chi connectivity index (χ2v) is 12.1. The fourth-order valence-corrected chi connectivity index (χ4v) is 7.41. The van der Waals surface area contributed by atoms with Gasteiger partial charge in [-0.2, -0.15) is 4.31 Å². The van der Waals surface area contributed by atoms with E-state index in [9.17, 15) is 13.2 Å². The van der Waals surface area contributed by atoms with E-state index < -0.39 is 16.0 Å². The number of imidazole rings is 1. The highest BCUT2D eigenvalue weighted by atomic mass is 32.2. The van der Waals surface area contributed by atoms with Crippen molar-refractivity contribution in [3.8, 4) is 5.75 Å². The minimum Gasteiger partial charge on any atom is -0.496 e. The van der Waals surface area contributed by atoms with Gasteiger partial charge in [-0.25, -0.2) is 18.2 Å². The number of esters is 1. The SMILES string of the molecule is COC(=O)c1ccc(CSc2nc3cc(S(=O)(=O)N4CCCC4)ccc3n2C[C@@H]2CCCO2)c(OC)c1. The van der Waals surface area contributed by atoms with Crippen molar-refractivity contribution < 1.29 is 27.4 Å². The molecule has 0 amide bonds. The number of hydrogen-bond acceptors (Lipinski definition) is 8. The Morgan fingerprint density at radius 2 is 1.95 bits per heavy atom. The summed E-state index contributed by atoms with van der Waals surface area (Å²) in [4.78, 5) is 17.0. The molecule has 2 aliphatic rings. The van der Waals surface area contributed by atoms with Crippen molar-refractivity contribution in [3.05, 3.63) is 47.5 Å². The zero-order valence-corrected chi connectivity index (χ0v) is 22.6. The summed E-state index contributed by atoms with van der Waals surface area (Å²) in [5.74, 6) is 0.727. The molecule has 198 valence electrons. The minimum absolute atomic E-state index is 0.0960.